The molecule has 15 heavy (non-hydrogen) atoms. The van der Waals surface area contributed by atoms with Crippen molar-refractivity contribution in [2.24, 2.45) is 11.8 Å². The van der Waals surface area contributed by atoms with Crippen LogP contribution in [-0.4, -0.2) is 12.6 Å². The third-order valence-electron chi connectivity index (χ3n) is 3.89. The van der Waals surface area contributed by atoms with Gasteiger partial charge in [-0.3, -0.25) is 0 Å². The predicted molar refractivity (Wildman–Crippen MR) is 68.1 cm³/mol. The van der Waals surface area contributed by atoms with Gasteiger partial charge in [-0.1, -0.05) is 46.5 Å². The van der Waals surface area contributed by atoms with Crippen molar-refractivity contribution in [1.82, 2.24) is 5.32 Å². The second kappa shape index (κ2) is 7.27. The second-order valence-electron chi connectivity index (χ2n) is 5.52. The molecule has 1 aliphatic carbocycles. The minimum atomic E-state index is 0.801. The number of nitrogens with one attached hydrogen (secondary N) is 1. The Kier molecular flexibility index (Phi) is 6.31. The molecule has 1 fully saturated rings. The summed E-state index contributed by atoms with van der Waals surface area (Å²) in [5, 5.41) is 3.76. The minimum absolute atomic E-state index is 0.801. The van der Waals surface area contributed by atoms with Crippen molar-refractivity contribution in [1.29, 1.82) is 0 Å². The maximum Gasteiger partial charge on any atom is 0.00952 e. The standard InChI is InChI=1S/C14H29N/c1-4-5-6-7-10-15-14-11-12(2)8-9-13(14)3/h12-15H,4-11H2,1-3H3. The summed E-state index contributed by atoms with van der Waals surface area (Å²) in [6.07, 6.45) is 9.78. The summed E-state index contributed by atoms with van der Waals surface area (Å²) in [5.74, 6) is 1.83. The van der Waals surface area contributed by atoms with Crippen LogP contribution in [-0.2, 0) is 0 Å². The molecule has 0 radical (unpaired) electrons. The van der Waals surface area contributed by atoms with E-state index in [1.807, 2.05) is 0 Å². The van der Waals surface area contributed by atoms with Gasteiger partial charge in [0.1, 0.15) is 0 Å². The van der Waals surface area contributed by atoms with Crippen molar-refractivity contribution in [3.63, 3.8) is 0 Å². The zero-order valence-electron chi connectivity index (χ0n) is 10.9. The van der Waals surface area contributed by atoms with E-state index in [1.165, 1.54) is 51.5 Å². The summed E-state index contributed by atoms with van der Waals surface area (Å²) in [7, 11) is 0. The smallest absolute Gasteiger partial charge is 0.00952 e. The van der Waals surface area contributed by atoms with E-state index in [9.17, 15) is 0 Å². The van der Waals surface area contributed by atoms with Gasteiger partial charge in [-0.15, -0.1) is 0 Å². The van der Waals surface area contributed by atoms with E-state index in [1.54, 1.807) is 0 Å². The highest BCUT2D eigenvalue weighted by Gasteiger charge is 2.24. The van der Waals surface area contributed by atoms with Crippen LogP contribution in [0.2, 0.25) is 0 Å². The Labute approximate surface area is 96.0 Å². The third kappa shape index (κ3) is 5.01. The molecule has 1 rings (SSSR count). The van der Waals surface area contributed by atoms with Crippen LogP contribution in [0.25, 0.3) is 0 Å². The highest BCUT2D eigenvalue weighted by atomic mass is 14.9. The Balaban J connectivity index is 2.08. The lowest BCUT2D eigenvalue weighted by molar-refractivity contribution is 0.228. The summed E-state index contributed by atoms with van der Waals surface area (Å²) < 4.78 is 0. The molecule has 90 valence electrons. The van der Waals surface area contributed by atoms with Gasteiger partial charge < -0.3 is 5.32 Å². The van der Waals surface area contributed by atoms with Crippen molar-refractivity contribution in [3.8, 4) is 0 Å². The average molecular weight is 211 g/mol. The van der Waals surface area contributed by atoms with Gasteiger partial charge in [-0.05, 0) is 37.6 Å². The molecule has 1 heteroatoms. The molecule has 0 amide bonds. The molecule has 0 aromatic heterocycles. The lowest BCUT2D eigenvalue weighted by Gasteiger charge is -2.33. The zero-order valence-corrected chi connectivity index (χ0v) is 10.9. The fraction of sp³-hybridized carbons (Fsp3) is 1.00. The highest BCUT2D eigenvalue weighted by Crippen LogP contribution is 2.28. The van der Waals surface area contributed by atoms with Gasteiger partial charge in [0.05, 0.1) is 0 Å². The fourth-order valence-electron chi connectivity index (χ4n) is 2.66. The molecular formula is C14H29N. The molecule has 1 N–H and O–H groups in total. The first-order chi connectivity index (χ1) is 7.24. The molecule has 3 unspecified atom stereocenters. The van der Waals surface area contributed by atoms with Gasteiger partial charge in [0.2, 0.25) is 0 Å². The second-order valence-corrected chi connectivity index (χ2v) is 5.52. The first-order valence-corrected chi connectivity index (χ1v) is 6.97. The van der Waals surface area contributed by atoms with Crippen molar-refractivity contribution in [2.75, 3.05) is 6.54 Å². The molecule has 1 saturated carbocycles. The molecule has 1 aliphatic rings. The molecule has 0 heterocycles. The van der Waals surface area contributed by atoms with Crippen molar-refractivity contribution in [2.45, 2.75) is 71.8 Å². The van der Waals surface area contributed by atoms with Gasteiger partial charge >= 0.3 is 0 Å². The van der Waals surface area contributed by atoms with Gasteiger partial charge in [-0.25, -0.2) is 0 Å². The minimum Gasteiger partial charge on any atom is -0.314 e. The maximum absolute atomic E-state index is 3.76. The molecule has 3 atom stereocenters. The molecule has 0 aliphatic heterocycles. The Bertz CT molecular complexity index is 155. The molecule has 1 nitrogen and oxygen atoms in total. The van der Waals surface area contributed by atoms with E-state index in [0.29, 0.717) is 0 Å². The first-order valence-electron chi connectivity index (χ1n) is 6.97. The molecular weight excluding hydrogens is 182 g/mol. The van der Waals surface area contributed by atoms with Crippen LogP contribution < -0.4 is 5.32 Å². The lowest BCUT2D eigenvalue weighted by Crippen LogP contribution is -2.39. The van der Waals surface area contributed by atoms with E-state index in [2.05, 4.69) is 26.1 Å². The number of unbranched alkanes of at least 4 members (excludes halogenated alkanes) is 3. The Morgan fingerprint density at radius 3 is 2.60 bits per heavy atom. The van der Waals surface area contributed by atoms with Crippen molar-refractivity contribution in [3.05, 3.63) is 0 Å². The Morgan fingerprint density at radius 1 is 1.07 bits per heavy atom. The average Bonchev–Trinajstić information content (AvgIpc) is 2.23. The van der Waals surface area contributed by atoms with Crippen LogP contribution in [0, 0.1) is 11.8 Å². The van der Waals surface area contributed by atoms with Gasteiger partial charge in [0.25, 0.3) is 0 Å². The van der Waals surface area contributed by atoms with Crippen LogP contribution in [0.15, 0.2) is 0 Å². The highest BCUT2D eigenvalue weighted by molar-refractivity contribution is 4.81. The summed E-state index contributed by atoms with van der Waals surface area (Å²) in [6.45, 7) is 8.33. The molecule has 0 saturated heterocycles. The number of rotatable bonds is 6. The van der Waals surface area contributed by atoms with Crippen LogP contribution in [0.5, 0.6) is 0 Å². The van der Waals surface area contributed by atoms with Crippen LogP contribution in [0.1, 0.15) is 65.7 Å². The topological polar surface area (TPSA) is 12.0 Å². The zero-order chi connectivity index (χ0) is 11.1. The largest absolute Gasteiger partial charge is 0.314 e. The normalized spacial score (nSPS) is 31.8. The van der Waals surface area contributed by atoms with E-state index in [4.69, 9.17) is 0 Å². The number of hydrogen-bond acceptors (Lipinski definition) is 1. The van der Waals surface area contributed by atoms with Crippen molar-refractivity contribution < 1.29 is 0 Å². The summed E-state index contributed by atoms with van der Waals surface area (Å²) in [4.78, 5) is 0. The molecule has 0 bridgehead atoms. The van der Waals surface area contributed by atoms with Crippen LogP contribution >= 0.6 is 0 Å². The maximum atomic E-state index is 3.76. The van der Waals surface area contributed by atoms with E-state index in [-0.39, 0.29) is 0 Å². The quantitative estimate of drug-likeness (QED) is 0.655. The molecule has 0 aromatic rings. The van der Waals surface area contributed by atoms with E-state index < -0.39 is 0 Å². The Morgan fingerprint density at radius 2 is 1.87 bits per heavy atom. The SMILES string of the molecule is CCCCCCNC1CC(C)CCC1C. The Hall–Kier alpha value is -0.0400. The van der Waals surface area contributed by atoms with Gasteiger partial charge in [0.15, 0.2) is 0 Å². The molecule has 0 spiro atoms. The first kappa shape index (κ1) is 13.0. The van der Waals surface area contributed by atoms with Gasteiger partial charge in [0, 0.05) is 6.04 Å². The summed E-state index contributed by atoms with van der Waals surface area (Å²) in [5.41, 5.74) is 0. The monoisotopic (exact) mass is 211 g/mol. The van der Waals surface area contributed by atoms with Crippen molar-refractivity contribution >= 4 is 0 Å². The molecule has 0 aromatic carbocycles. The third-order valence-corrected chi connectivity index (χ3v) is 3.89. The van der Waals surface area contributed by atoms with E-state index in [0.717, 1.165) is 17.9 Å². The predicted octanol–water partition coefficient (Wildman–Crippen LogP) is 3.98. The summed E-state index contributed by atoms with van der Waals surface area (Å²) >= 11 is 0. The van der Waals surface area contributed by atoms with Crippen LogP contribution in [0.4, 0.5) is 0 Å². The van der Waals surface area contributed by atoms with Gasteiger partial charge in [-0.2, -0.15) is 0 Å². The van der Waals surface area contributed by atoms with Crippen LogP contribution in [0.3, 0.4) is 0 Å². The number of hydrogen-bond donors (Lipinski definition) is 1. The van der Waals surface area contributed by atoms with E-state index >= 15 is 0 Å². The fourth-order valence-corrected chi connectivity index (χ4v) is 2.66. The summed E-state index contributed by atoms with van der Waals surface area (Å²) in [6, 6.07) is 0.801. The lowest BCUT2D eigenvalue weighted by atomic mass is 9.80.